The van der Waals surface area contributed by atoms with E-state index in [2.05, 4.69) is 26.1 Å². The Morgan fingerprint density at radius 1 is 1.50 bits per heavy atom. The molecule has 0 amide bonds. The summed E-state index contributed by atoms with van der Waals surface area (Å²) in [6, 6.07) is 0. The van der Waals surface area contributed by atoms with Gasteiger partial charge in [0.25, 0.3) is 0 Å². The molecule has 3 rings (SSSR count). The summed E-state index contributed by atoms with van der Waals surface area (Å²) in [6.45, 7) is 2.88. The van der Waals surface area contributed by atoms with Crippen LogP contribution in [0.5, 0.6) is 0 Å². The summed E-state index contributed by atoms with van der Waals surface area (Å²) in [6.07, 6.45) is 1.69. The molecule has 0 N–H and O–H groups in total. The monoisotopic (exact) mass is 284 g/mol. The molecule has 0 aromatic carbocycles. The van der Waals surface area contributed by atoms with Crippen LogP contribution in [0.15, 0.2) is 19.9 Å². The van der Waals surface area contributed by atoms with Crippen LogP contribution >= 0.6 is 15.9 Å². The summed E-state index contributed by atoms with van der Waals surface area (Å²) >= 11 is 3.39. The van der Waals surface area contributed by atoms with Gasteiger partial charge in [-0.05, 0) is 15.9 Å². The maximum absolute atomic E-state index is 5.48. The highest BCUT2D eigenvalue weighted by atomic mass is 79.9. The average Bonchev–Trinajstić information content (AvgIpc) is 2.86. The zero-order valence-corrected chi connectivity index (χ0v) is 10.2. The van der Waals surface area contributed by atoms with Crippen LogP contribution in [0.3, 0.4) is 0 Å². The van der Waals surface area contributed by atoms with Crippen LogP contribution in [0.1, 0.15) is 28.8 Å². The lowest BCUT2D eigenvalue weighted by atomic mass is 9.96. The van der Waals surface area contributed by atoms with Crippen molar-refractivity contribution in [1.29, 1.82) is 0 Å². The standard InChI is InChI=1S/C10H9BrN2O3/c1-5-12-10(13-16-5)7-4-14-2-6-3-15-9(11)8(6)7/h3,7H,2,4H2,1H3. The first-order chi connectivity index (χ1) is 7.75. The Labute approximate surface area is 99.9 Å². The highest BCUT2D eigenvalue weighted by molar-refractivity contribution is 9.10. The molecule has 6 heteroatoms. The van der Waals surface area contributed by atoms with Crippen molar-refractivity contribution >= 4 is 15.9 Å². The van der Waals surface area contributed by atoms with Gasteiger partial charge < -0.3 is 13.7 Å². The van der Waals surface area contributed by atoms with E-state index < -0.39 is 0 Å². The van der Waals surface area contributed by atoms with Crippen LogP contribution in [0.4, 0.5) is 0 Å². The second-order valence-electron chi connectivity index (χ2n) is 3.69. The first-order valence-electron chi connectivity index (χ1n) is 4.89. The third-order valence-electron chi connectivity index (χ3n) is 2.61. The molecule has 0 bridgehead atoms. The topological polar surface area (TPSA) is 61.3 Å². The molecule has 0 saturated heterocycles. The van der Waals surface area contributed by atoms with Crippen LogP contribution in [0, 0.1) is 6.92 Å². The fourth-order valence-electron chi connectivity index (χ4n) is 1.88. The summed E-state index contributed by atoms with van der Waals surface area (Å²) in [5.74, 6) is 1.18. The van der Waals surface area contributed by atoms with Gasteiger partial charge in [0.15, 0.2) is 10.5 Å². The lowest BCUT2D eigenvalue weighted by molar-refractivity contribution is 0.0974. The number of fused-ring (bicyclic) bond motifs is 1. The van der Waals surface area contributed by atoms with Crippen LogP contribution in [0.25, 0.3) is 0 Å². The summed E-state index contributed by atoms with van der Waals surface area (Å²) in [7, 11) is 0. The number of halogens is 1. The van der Waals surface area contributed by atoms with Crippen molar-refractivity contribution < 1.29 is 13.7 Å². The number of ether oxygens (including phenoxy) is 1. The average molecular weight is 285 g/mol. The van der Waals surface area contributed by atoms with Gasteiger partial charge in [-0.25, -0.2) is 0 Å². The first kappa shape index (κ1) is 10.0. The van der Waals surface area contributed by atoms with E-state index in [0.29, 0.717) is 24.9 Å². The maximum atomic E-state index is 5.48. The largest absolute Gasteiger partial charge is 0.457 e. The van der Waals surface area contributed by atoms with Crippen molar-refractivity contribution in [3.63, 3.8) is 0 Å². The number of furan rings is 1. The predicted octanol–water partition coefficient (Wildman–Crippen LogP) is 2.40. The normalized spacial score (nSPS) is 19.8. The zero-order chi connectivity index (χ0) is 11.1. The number of aryl methyl sites for hydroxylation is 1. The van der Waals surface area contributed by atoms with Crippen LogP contribution in [-0.4, -0.2) is 16.7 Å². The first-order valence-corrected chi connectivity index (χ1v) is 5.68. The van der Waals surface area contributed by atoms with Gasteiger partial charge in [-0.1, -0.05) is 5.16 Å². The number of hydrogen-bond acceptors (Lipinski definition) is 5. The van der Waals surface area contributed by atoms with Crippen LogP contribution < -0.4 is 0 Å². The summed E-state index contributed by atoms with van der Waals surface area (Å²) in [4.78, 5) is 4.23. The highest BCUT2D eigenvalue weighted by Gasteiger charge is 2.30. The van der Waals surface area contributed by atoms with Gasteiger partial charge >= 0.3 is 0 Å². The molecule has 2 aromatic heterocycles. The maximum Gasteiger partial charge on any atom is 0.223 e. The lowest BCUT2D eigenvalue weighted by Crippen LogP contribution is -2.17. The highest BCUT2D eigenvalue weighted by Crippen LogP contribution is 2.37. The Morgan fingerprint density at radius 3 is 3.12 bits per heavy atom. The molecule has 0 aliphatic carbocycles. The van der Waals surface area contributed by atoms with E-state index >= 15 is 0 Å². The third-order valence-corrected chi connectivity index (χ3v) is 3.22. The fourth-order valence-corrected chi connectivity index (χ4v) is 2.50. The van der Waals surface area contributed by atoms with Gasteiger partial charge in [0.2, 0.25) is 5.89 Å². The second-order valence-corrected chi connectivity index (χ2v) is 4.41. The fraction of sp³-hybridized carbons (Fsp3) is 0.400. The molecule has 16 heavy (non-hydrogen) atoms. The number of hydrogen-bond donors (Lipinski definition) is 0. The SMILES string of the molecule is Cc1nc(C2COCc3coc(Br)c32)no1. The van der Waals surface area contributed by atoms with Crippen molar-refractivity contribution in [2.24, 2.45) is 0 Å². The minimum Gasteiger partial charge on any atom is -0.457 e. The summed E-state index contributed by atoms with van der Waals surface area (Å²) < 4.78 is 16.5. The van der Waals surface area contributed by atoms with E-state index in [4.69, 9.17) is 13.7 Å². The van der Waals surface area contributed by atoms with Gasteiger partial charge in [-0.3, -0.25) is 0 Å². The Balaban J connectivity index is 2.07. The third kappa shape index (κ3) is 1.49. The smallest absolute Gasteiger partial charge is 0.223 e. The summed E-state index contributed by atoms with van der Waals surface area (Å²) in [5.41, 5.74) is 2.10. The molecule has 0 radical (unpaired) electrons. The lowest BCUT2D eigenvalue weighted by Gasteiger charge is -2.19. The number of rotatable bonds is 1. The molecule has 0 fully saturated rings. The Bertz CT molecular complexity index is 520. The molecule has 2 aromatic rings. The molecule has 3 heterocycles. The quantitative estimate of drug-likeness (QED) is 0.805. The van der Waals surface area contributed by atoms with E-state index in [1.165, 1.54) is 0 Å². The molecule has 0 saturated carbocycles. The van der Waals surface area contributed by atoms with Crippen molar-refractivity contribution in [1.82, 2.24) is 10.1 Å². The molecule has 1 unspecified atom stereocenters. The van der Waals surface area contributed by atoms with Crippen molar-refractivity contribution in [2.45, 2.75) is 19.4 Å². The Morgan fingerprint density at radius 2 is 2.38 bits per heavy atom. The molecular formula is C10H9BrN2O3. The minimum atomic E-state index is -0.0191. The van der Waals surface area contributed by atoms with Crippen molar-refractivity contribution in [3.8, 4) is 0 Å². The zero-order valence-electron chi connectivity index (χ0n) is 8.57. The van der Waals surface area contributed by atoms with Gasteiger partial charge in [-0.15, -0.1) is 0 Å². The summed E-state index contributed by atoms with van der Waals surface area (Å²) in [5, 5.41) is 3.93. The number of aromatic nitrogens is 2. The van der Waals surface area contributed by atoms with E-state index in [1.807, 2.05) is 0 Å². The van der Waals surface area contributed by atoms with E-state index in [1.54, 1.807) is 13.2 Å². The molecule has 0 spiro atoms. The van der Waals surface area contributed by atoms with Crippen LogP contribution in [0.2, 0.25) is 0 Å². The van der Waals surface area contributed by atoms with Gasteiger partial charge in [0.1, 0.15) is 0 Å². The molecule has 1 atom stereocenters. The molecular weight excluding hydrogens is 276 g/mol. The Kier molecular flexibility index (Phi) is 2.33. The second kappa shape index (κ2) is 3.71. The Hall–Kier alpha value is -1.14. The van der Waals surface area contributed by atoms with E-state index in [9.17, 15) is 0 Å². The van der Waals surface area contributed by atoms with Gasteiger partial charge in [0.05, 0.1) is 25.4 Å². The van der Waals surface area contributed by atoms with Gasteiger partial charge in [0, 0.05) is 18.1 Å². The van der Waals surface area contributed by atoms with E-state index in [-0.39, 0.29) is 5.92 Å². The molecule has 1 aliphatic heterocycles. The predicted molar refractivity (Wildman–Crippen MR) is 56.9 cm³/mol. The van der Waals surface area contributed by atoms with Crippen LogP contribution in [-0.2, 0) is 11.3 Å². The van der Waals surface area contributed by atoms with Crippen molar-refractivity contribution in [3.05, 3.63) is 33.8 Å². The van der Waals surface area contributed by atoms with Gasteiger partial charge in [-0.2, -0.15) is 4.98 Å². The van der Waals surface area contributed by atoms with E-state index in [0.717, 1.165) is 15.8 Å². The molecule has 5 nitrogen and oxygen atoms in total. The number of nitrogens with zero attached hydrogens (tertiary/aromatic N) is 2. The minimum absolute atomic E-state index is 0.0191. The molecule has 84 valence electrons. The molecule has 1 aliphatic rings. The van der Waals surface area contributed by atoms with Crippen molar-refractivity contribution in [2.75, 3.05) is 6.61 Å².